The number of piperidine rings is 1. The van der Waals surface area contributed by atoms with Gasteiger partial charge in [-0.2, -0.15) is 5.10 Å². The molecule has 0 aromatic carbocycles. The van der Waals surface area contributed by atoms with Gasteiger partial charge in [0.1, 0.15) is 0 Å². The summed E-state index contributed by atoms with van der Waals surface area (Å²) in [6, 6.07) is 0.335. The van der Waals surface area contributed by atoms with Crippen molar-refractivity contribution in [2.75, 3.05) is 19.6 Å². The fourth-order valence-electron chi connectivity index (χ4n) is 2.95. The molecule has 1 aliphatic heterocycles. The van der Waals surface area contributed by atoms with Crippen molar-refractivity contribution in [2.45, 2.75) is 52.6 Å². The van der Waals surface area contributed by atoms with Gasteiger partial charge in [0, 0.05) is 24.8 Å². The van der Waals surface area contributed by atoms with Gasteiger partial charge in [0.25, 0.3) is 0 Å². The molecule has 19 heavy (non-hydrogen) atoms. The Morgan fingerprint density at radius 3 is 2.53 bits per heavy atom. The molecule has 2 heterocycles. The third-order valence-corrected chi connectivity index (χ3v) is 4.88. The number of rotatable bonds is 5. The zero-order chi connectivity index (χ0) is 13.9. The fraction of sp³-hybridized carbons (Fsp3) is 0.800. The summed E-state index contributed by atoms with van der Waals surface area (Å²) in [6.07, 6.45) is 7.96. The molecule has 0 bridgehead atoms. The first kappa shape index (κ1) is 14.5. The van der Waals surface area contributed by atoms with Crippen molar-refractivity contribution in [2.24, 2.45) is 11.1 Å². The first-order chi connectivity index (χ1) is 9.11. The van der Waals surface area contributed by atoms with E-state index < -0.39 is 0 Å². The van der Waals surface area contributed by atoms with E-state index in [1.54, 1.807) is 0 Å². The van der Waals surface area contributed by atoms with Gasteiger partial charge in [-0.3, -0.25) is 9.58 Å². The summed E-state index contributed by atoms with van der Waals surface area (Å²) < 4.78 is 1.98. The van der Waals surface area contributed by atoms with Crippen LogP contribution < -0.4 is 5.73 Å². The molecule has 1 unspecified atom stereocenters. The SMILES string of the molecule is CCn1cc(C(CN)N2CCC(C)(CC)CC2)cn1. The van der Waals surface area contributed by atoms with Crippen molar-refractivity contribution in [3.8, 4) is 0 Å². The van der Waals surface area contributed by atoms with Gasteiger partial charge in [-0.1, -0.05) is 20.3 Å². The van der Waals surface area contributed by atoms with Crippen LogP contribution in [0.2, 0.25) is 0 Å². The number of hydrogen-bond donors (Lipinski definition) is 1. The van der Waals surface area contributed by atoms with Gasteiger partial charge in [-0.05, 0) is 38.3 Å². The topological polar surface area (TPSA) is 47.1 Å². The third-order valence-electron chi connectivity index (χ3n) is 4.88. The molecular weight excluding hydrogens is 236 g/mol. The molecule has 108 valence electrons. The van der Waals surface area contributed by atoms with Gasteiger partial charge in [-0.25, -0.2) is 0 Å². The van der Waals surface area contributed by atoms with Crippen LogP contribution in [0.4, 0.5) is 0 Å². The number of nitrogens with zero attached hydrogens (tertiary/aromatic N) is 3. The second kappa shape index (κ2) is 6.06. The lowest BCUT2D eigenvalue weighted by Gasteiger charge is -2.42. The van der Waals surface area contributed by atoms with Gasteiger partial charge >= 0.3 is 0 Å². The van der Waals surface area contributed by atoms with Crippen molar-refractivity contribution in [3.05, 3.63) is 18.0 Å². The Labute approximate surface area is 117 Å². The average Bonchev–Trinajstić information content (AvgIpc) is 2.91. The molecule has 2 rings (SSSR count). The predicted molar refractivity (Wildman–Crippen MR) is 78.9 cm³/mol. The van der Waals surface area contributed by atoms with Crippen LogP contribution in [0.25, 0.3) is 0 Å². The van der Waals surface area contributed by atoms with E-state index >= 15 is 0 Å². The van der Waals surface area contributed by atoms with Crippen LogP contribution >= 0.6 is 0 Å². The zero-order valence-corrected chi connectivity index (χ0v) is 12.6. The molecular formula is C15H28N4. The Kier molecular flexibility index (Phi) is 4.63. The molecule has 0 amide bonds. The van der Waals surface area contributed by atoms with Crippen LogP contribution in [0, 0.1) is 5.41 Å². The molecule has 0 saturated carbocycles. The van der Waals surface area contributed by atoms with Gasteiger partial charge in [0.05, 0.1) is 12.2 Å². The van der Waals surface area contributed by atoms with E-state index in [4.69, 9.17) is 5.73 Å². The lowest BCUT2D eigenvalue weighted by Crippen LogP contribution is -2.42. The van der Waals surface area contributed by atoms with Crippen LogP contribution in [0.1, 0.15) is 51.6 Å². The smallest absolute Gasteiger partial charge is 0.0538 e. The Morgan fingerprint density at radius 1 is 1.37 bits per heavy atom. The summed E-state index contributed by atoms with van der Waals surface area (Å²) >= 11 is 0. The maximum Gasteiger partial charge on any atom is 0.0538 e. The normalized spacial score (nSPS) is 21.5. The van der Waals surface area contributed by atoms with Crippen LogP contribution in [-0.4, -0.2) is 34.3 Å². The molecule has 2 N–H and O–H groups in total. The second-order valence-corrected chi connectivity index (χ2v) is 6.08. The first-order valence-electron chi connectivity index (χ1n) is 7.58. The Hall–Kier alpha value is -0.870. The summed E-state index contributed by atoms with van der Waals surface area (Å²) in [7, 11) is 0. The molecule has 1 saturated heterocycles. The minimum absolute atomic E-state index is 0.335. The highest BCUT2D eigenvalue weighted by Crippen LogP contribution is 2.36. The van der Waals surface area contributed by atoms with E-state index in [1.165, 1.54) is 24.8 Å². The number of aryl methyl sites for hydroxylation is 1. The maximum absolute atomic E-state index is 6.01. The van der Waals surface area contributed by atoms with Gasteiger partial charge in [0.2, 0.25) is 0 Å². The Bertz CT molecular complexity index is 391. The molecule has 4 heteroatoms. The summed E-state index contributed by atoms with van der Waals surface area (Å²) in [6.45, 7) is 10.7. The highest BCUT2D eigenvalue weighted by atomic mass is 15.3. The number of likely N-dealkylation sites (tertiary alicyclic amines) is 1. The summed E-state index contributed by atoms with van der Waals surface area (Å²) in [4.78, 5) is 2.54. The van der Waals surface area contributed by atoms with Gasteiger partial charge in [-0.15, -0.1) is 0 Å². The highest BCUT2D eigenvalue weighted by molar-refractivity contribution is 5.12. The van der Waals surface area contributed by atoms with Crippen molar-refractivity contribution in [1.29, 1.82) is 0 Å². The van der Waals surface area contributed by atoms with E-state index in [0.29, 0.717) is 18.0 Å². The van der Waals surface area contributed by atoms with E-state index in [-0.39, 0.29) is 0 Å². The van der Waals surface area contributed by atoms with Crippen molar-refractivity contribution < 1.29 is 0 Å². The number of aromatic nitrogens is 2. The van der Waals surface area contributed by atoms with Crippen molar-refractivity contribution >= 4 is 0 Å². The maximum atomic E-state index is 6.01. The number of hydrogen-bond acceptors (Lipinski definition) is 3. The zero-order valence-electron chi connectivity index (χ0n) is 12.6. The molecule has 1 aromatic heterocycles. The summed E-state index contributed by atoms with van der Waals surface area (Å²) in [5.74, 6) is 0. The predicted octanol–water partition coefficient (Wildman–Crippen LogP) is 2.41. The molecule has 0 aliphatic carbocycles. The fourth-order valence-corrected chi connectivity index (χ4v) is 2.95. The van der Waals surface area contributed by atoms with E-state index in [9.17, 15) is 0 Å². The first-order valence-corrected chi connectivity index (χ1v) is 7.58. The van der Waals surface area contributed by atoms with E-state index in [2.05, 4.69) is 37.0 Å². The van der Waals surface area contributed by atoms with E-state index in [0.717, 1.165) is 19.6 Å². The molecule has 4 nitrogen and oxygen atoms in total. The molecule has 1 fully saturated rings. The van der Waals surface area contributed by atoms with Crippen molar-refractivity contribution in [1.82, 2.24) is 14.7 Å². The lowest BCUT2D eigenvalue weighted by molar-refractivity contribution is 0.0828. The third kappa shape index (κ3) is 3.18. The van der Waals surface area contributed by atoms with Crippen LogP contribution in [-0.2, 0) is 6.54 Å². The second-order valence-electron chi connectivity index (χ2n) is 6.08. The summed E-state index contributed by atoms with van der Waals surface area (Å²) in [5, 5.41) is 4.38. The minimum Gasteiger partial charge on any atom is -0.329 e. The van der Waals surface area contributed by atoms with Crippen LogP contribution in [0.15, 0.2) is 12.4 Å². The quantitative estimate of drug-likeness (QED) is 0.888. The standard InChI is InChI=1S/C15H28N4/c1-4-15(3)6-8-18(9-7-15)14(10-16)13-11-17-19(5-2)12-13/h11-12,14H,4-10,16H2,1-3H3. The number of nitrogens with two attached hydrogens (primary N) is 1. The van der Waals surface area contributed by atoms with Crippen molar-refractivity contribution in [3.63, 3.8) is 0 Å². The largest absolute Gasteiger partial charge is 0.329 e. The van der Waals surface area contributed by atoms with Crippen LogP contribution in [0.5, 0.6) is 0 Å². The lowest BCUT2D eigenvalue weighted by atomic mass is 9.78. The average molecular weight is 264 g/mol. The Morgan fingerprint density at radius 2 is 2.05 bits per heavy atom. The summed E-state index contributed by atoms with van der Waals surface area (Å²) in [5.41, 5.74) is 7.81. The molecule has 0 radical (unpaired) electrons. The monoisotopic (exact) mass is 264 g/mol. The molecule has 1 aliphatic rings. The molecule has 1 aromatic rings. The minimum atomic E-state index is 0.335. The highest BCUT2D eigenvalue weighted by Gasteiger charge is 2.31. The van der Waals surface area contributed by atoms with Gasteiger partial charge in [0.15, 0.2) is 0 Å². The molecule has 0 spiro atoms. The van der Waals surface area contributed by atoms with E-state index in [1.807, 2.05) is 10.9 Å². The molecule has 1 atom stereocenters. The van der Waals surface area contributed by atoms with Crippen LogP contribution in [0.3, 0.4) is 0 Å². The Balaban J connectivity index is 2.03. The van der Waals surface area contributed by atoms with Gasteiger partial charge < -0.3 is 5.73 Å².